The first-order chi connectivity index (χ1) is 11.2. The van der Waals surface area contributed by atoms with E-state index >= 15 is 0 Å². The minimum atomic E-state index is -0.925. The molecule has 0 aromatic heterocycles. The second-order valence-corrected chi connectivity index (χ2v) is 7.07. The van der Waals surface area contributed by atoms with Gasteiger partial charge in [-0.15, -0.1) is 0 Å². The van der Waals surface area contributed by atoms with Gasteiger partial charge in [0.05, 0.1) is 0 Å². The predicted octanol–water partition coefficient (Wildman–Crippen LogP) is 2.14. The fourth-order valence-corrected chi connectivity index (χ4v) is 4.18. The van der Waals surface area contributed by atoms with Gasteiger partial charge in [-0.25, -0.2) is 0 Å². The molecule has 3 atom stereocenters. The van der Waals surface area contributed by atoms with E-state index in [1.807, 2.05) is 23.1 Å². The molecule has 1 saturated heterocycles. The molecule has 3 rings (SSSR count). The molecule has 1 aliphatic carbocycles. The number of carbonyl (C=O) groups excluding carboxylic acids is 1. The van der Waals surface area contributed by atoms with Gasteiger partial charge < -0.3 is 15.3 Å². The van der Waals surface area contributed by atoms with E-state index < -0.39 is 6.10 Å². The average Bonchev–Trinajstić information content (AvgIpc) is 3.09. The maximum atomic E-state index is 12.9. The van der Waals surface area contributed by atoms with Crippen LogP contribution in [0.3, 0.4) is 0 Å². The van der Waals surface area contributed by atoms with Gasteiger partial charge in [-0.1, -0.05) is 43.2 Å². The van der Waals surface area contributed by atoms with Crippen LogP contribution in [-0.4, -0.2) is 47.7 Å². The molecule has 126 valence electrons. The Morgan fingerprint density at radius 1 is 1.26 bits per heavy atom. The van der Waals surface area contributed by atoms with E-state index in [1.54, 1.807) is 0 Å². The molecule has 0 radical (unpaired) electrons. The van der Waals surface area contributed by atoms with E-state index in [1.165, 1.54) is 12.8 Å². The highest BCUT2D eigenvalue weighted by Crippen LogP contribution is 2.39. The van der Waals surface area contributed by atoms with E-state index in [4.69, 9.17) is 0 Å². The second kappa shape index (κ2) is 7.45. The molecule has 1 aromatic rings. The second-order valence-electron chi connectivity index (χ2n) is 7.07. The third-order valence-corrected chi connectivity index (χ3v) is 5.37. The molecule has 0 bridgehead atoms. The van der Waals surface area contributed by atoms with E-state index in [9.17, 15) is 9.90 Å². The zero-order valence-electron chi connectivity index (χ0n) is 13.9. The third kappa shape index (κ3) is 3.75. The van der Waals surface area contributed by atoms with Gasteiger partial charge in [-0.05, 0) is 31.2 Å². The number of amides is 1. The third-order valence-electron chi connectivity index (χ3n) is 5.37. The summed E-state index contributed by atoms with van der Waals surface area (Å²) in [5.41, 5.74) is 1.10. The smallest absolute Gasteiger partial charge is 0.252 e. The van der Waals surface area contributed by atoms with Gasteiger partial charge in [0.2, 0.25) is 0 Å². The highest BCUT2D eigenvalue weighted by atomic mass is 16.3. The van der Waals surface area contributed by atoms with Crippen LogP contribution in [-0.2, 0) is 4.79 Å². The van der Waals surface area contributed by atoms with E-state index in [0.29, 0.717) is 25.0 Å². The van der Waals surface area contributed by atoms with Crippen LogP contribution in [0.25, 0.3) is 0 Å². The molecule has 4 nitrogen and oxygen atoms in total. The van der Waals surface area contributed by atoms with Gasteiger partial charge in [0.15, 0.2) is 0 Å². The standard InChI is InChI=1S/C19H28N2O2/c1-14-13-21(12-11-20-14)19(23)18(22)17(16-9-5-6-10-16)15-7-3-2-4-8-15/h2-4,7-8,14,16-18,20,22H,5-6,9-13H2,1H3. The molecule has 1 aromatic carbocycles. The lowest BCUT2D eigenvalue weighted by Crippen LogP contribution is -2.54. The first-order valence-electron chi connectivity index (χ1n) is 8.92. The summed E-state index contributed by atoms with van der Waals surface area (Å²) >= 11 is 0. The summed E-state index contributed by atoms with van der Waals surface area (Å²) in [6.07, 6.45) is 3.72. The zero-order valence-corrected chi connectivity index (χ0v) is 13.9. The Hall–Kier alpha value is -1.39. The highest BCUT2D eigenvalue weighted by Gasteiger charge is 2.38. The number of aliphatic hydroxyl groups is 1. The van der Waals surface area contributed by atoms with Gasteiger partial charge in [0, 0.05) is 31.6 Å². The molecule has 2 N–H and O–H groups in total. The molecule has 1 aliphatic heterocycles. The maximum absolute atomic E-state index is 12.9. The summed E-state index contributed by atoms with van der Waals surface area (Å²) in [5, 5.41) is 14.3. The van der Waals surface area contributed by atoms with Crippen molar-refractivity contribution < 1.29 is 9.90 Å². The van der Waals surface area contributed by atoms with Crippen LogP contribution >= 0.6 is 0 Å². The molecule has 2 aliphatic rings. The van der Waals surface area contributed by atoms with Gasteiger partial charge in [0.1, 0.15) is 6.10 Å². The van der Waals surface area contributed by atoms with Crippen molar-refractivity contribution in [3.8, 4) is 0 Å². The maximum Gasteiger partial charge on any atom is 0.252 e. The summed E-state index contributed by atoms with van der Waals surface area (Å²) in [6, 6.07) is 10.4. The Bertz CT molecular complexity index is 513. The summed E-state index contributed by atoms with van der Waals surface area (Å²) in [5.74, 6) is 0.243. The first kappa shape index (κ1) is 16.5. The number of nitrogens with zero attached hydrogens (tertiary/aromatic N) is 1. The fourth-order valence-electron chi connectivity index (χ4n) is 4.18. The molecule has 4 heteroatoms. The molecule has 0 spiro atoms. The number of aliphatic hydroxyl groups excluding tert-OH is 1. The Kier molecular flexibility index (Phi) is 5.34. The predicted molar refractivity (Wildman–Crippen MR) is 91.2 cm³/mol. The topological polar surface area (TPSA) is 52.6 Å². The first-order valence-corrected chi connectivity index (χ1v) is 8.92. The van der Waals surface area contributed by atoms with Gasteiger partial charge in [-0.2, -0.15) is 0 Å². The molecule has 2 fully saturated rings. The number of rotatable bonds is 4. The van der Waals surface area contributed by atoms with E-state index in [0.717, 1.165) is 24.9 Å². The monoisotopic (exact) mass is 316 g/mol. The van der Waals surface area contributed by atoms with Crippen molar-refractivity contribution in [2.24, 2.45) is 5.92 Å². The van der Waals surface area contributed by atoms with Crippen LogP contribution in [0.4, 0.5) is 0 Å². The van der Waals surface area contributed by atoms with Crippen molar-refractivity contribution in [2.45, 2.75) is 50.7 Å². The molecule has 3 unspecified atom stereocenters. The largest absolute Gasteiger partial charge is 0.383 e. The van der Waals surface area contributed by atoms with Crippen LogP contribution in [0.5, 0.6) is 0 Å². The highest BCUT2D eigenvalue weighted by molar-refractivity contribution is 5.82. The summed E-state index contributed by atoms with van der Waals surface area (Å²) in [7, 11) is 0. The molecule has 1 heterocycles. The lowest BCUT2D eigenvalue weighted by atomic mass is 9.80. The lowest BCUT2D eigenvalue weighted by Gasteiger charge is -2.36. The SMILES string of the molecule is CC1CN(C(=O)C(O)C(c2ccccc2)C2CCCC2)CCN1. The number of nitrogens with one attached hydrogen (secondary N) is 1. The van der Waals surface area contributed by atoms with Crippen LogP contribution in [0.2, 0.25) is 0 Å². The summed E-state index contributed by atoms with van der Waals surface area (Å²) in [6.45, 7) is 4.25. The van der Waals surface area contributed by atoms with E-state index in [-0.39, 0.29) is 11.8 Å². The van der Waals surface area contributed by atoms with Crippen molar-refractivity contribution in [1.29, 1.82) is 0 Å². The quantitative estimate of drug-likeness (QED) is 0.895. The fraction of sp³-hybridized carbons (Fsp3) is 0.632. The normalized spacial score (nSPS) is 25.3. The minimum absolute atomic E-state index is 0.0728. The van der Waals surface area contributed by atoms with Crippen molar-refractivity contribution in [1.82, 2.24) is 10.2 Å². The lowest BCUT2D eigenvalue weighted by molar-refractivity contribution is -0.143. The number of hydrogen-bond donors (Lipinski definition) is 2. The number of piperazine rings is 1. The van der Waals surface area contributed by atoms with Gasteiger partial charge >= 0.3 is 0 Å². The Balaban J connectivity index is 1.79. The van der Waals surface area contributed by atoms with Crippen LogP contribution in [0.1, 0.15) is 44.1 Å². The molecule has 1 amide bonds. The Labute approximate surface area is 138 Å². The minimum Gasteiger partial charge on any atom is -0.383 e. The number of benzene rings is 1. The van der Waals surface area contributed by atoms with Crippen molar-refractivity contribution in [2.75, 3.05) is 19.6 Å². The van der Waals surface area contributed by atoms with Crippen molar-refractivity contribution in [3.05, 3.63) is 35.9 Å². The van der Waals surface area contributed by atoms with Crippen LogP contribution < -0.4 is 5.32 Å². The van der Waals surface area contributed by atoms with Gasteiger partial charge in [-0.3, -0.25) is 4.79 Å². The van der Waals surface area contributed by atoms with Crippen LogP contribution in [0.15, 0.2) is 30.3 Å². The van der Waals surface area contributed by atoms with Crippen molar-refractivity contribution >= 4 is 5.91 Å². The number of carbonyl (C=O) groups is 1. The van der Waals surface area contributed by atoms with E-state index in [2.05, 4.69) is 24.4 Å². The Morgan fingerprint density at radius 2 is 1.96 bits per heavy atom. The summed E-state index contributed by atoms with van der Waals surface area (Å²) in [4.78, 5) is 14.7. The molecule has 23 heavy (non-hydrogen) atoms. The molecular formula is C19H28N2O2. The Morgan fingerprint density at radius 3 is 2.61 bits per heavy atom. The zero-order chi connectivity index (χ0) is 16.2. The van der Waals surface area contributed by atoms with Gasteiger partial charge in [0.25, 0.3) is 5.91 Å². The average molecular weight is 316 g/mol. The molecule has 1 saturated carbocycles. The molecular weight excluding hydrogens is 288 g/mol. The van der Waals surface area contributed by atoms with Crippen molar-refractivity contribution in [3.63, 3.8) is 0 Å². The van der Waals surface area contributed by atoms with Crippen LogP contribution in [0, 0.1) is 5.92 Å². The summed E-state index contributed by atoms with van der Waals surface area (Å²) < 4.78 is 0. The number of hydrogen-bond acceptors (Lipinski definition) is 3.